The molecule has 19 heavy (non-hydrogen) atoms. The van der Waals surface area contributed by atoms with Crippen LogP contribution in [0.4, 0.5) is 13.2 Å². The molecule has 1 N–H and O–H groups in total. The quantitative estimate of drug-likeness (QED) is 0.808. The molecule has 0 fully saturated rings. The Bertz CT molecular complexity index is 595. The van der Waals surface area contributed by atoms with Gasteiger partial charge in [0.05, 0.1) is 9.90 Å². The molecule has 0 amide bonds. The number of benzene rings is 1. The van der Waals surface area contributed by atoms with Crippen molar-refractivity contribution < 1.29 is 18.3 Å². The zero-order chi connectivity index (χ0) is 14.2. The molecule has 1 aromatic heterocycles. The second-order valence-electron chi connectivity index (χ2n) is 3.81. The Morgan fingerprint density at radius 2 is 1.84 bits per heavy atom. The molecular weight excluding hydrogens is 320 g/mol. The fourth-order valence-corrected chi connectivity index (χ4v) is 3.12. The van der Waals surface area contributed by atoms with E-state index in [-0.39, 0.29) is 9.90 Å². The summed E-state index contributed by atoms with van der Waals surface area (Å²) in [5.74, 6) is 0. The van der Waals surface area contributed by atoms with Crippen molar-refractivity contribution in [2.75, 3.05) is 0 Å². The molecule has 0 bridgehead atoms. The molecule has 1 heterocycles. The van der Waals surface area contributed by atoms with Gasteiger partial charge in [0.1, 0.15) is 10.4 Å². The first-order valence-corrected chi connectivity index (χ1v) is 6.66. The molecule has 0 spiro atoms. The number of halogens is 5. The van der Waals surface area contributed by atoms with Crippen LogP contribution in [0.3, 0.4) is 0 Å². The fourth-order valence-electron chi connectivity index (χ4n) is 1.60. The van der Waals surface area contributed by atoms with Gasteiger partial charge in [0.25, 0.3) is 0 Å². The zero-order valence-electron chi connectivity index (χ0n) is 9.21. The summed E-state index contributed by atoms with van der Waals surface area (Å²) in [6.45, 7) is 0. The second kappa shape index (κ2) is 5.32. The Labute approximate surface area is 121 Å². The minimum Gasteiger partial charge on any atom is -0.384 e. The first kappa shape index (κ1) is 14.7. The molecule has 1 atom stereocenters. The van der Waals surface area contributed by atoms with Gasteiger partial charge < -0.3 is 5.11 Å². The Hall–Kier alpha value is -0.750. The number of thiophene rings is 1. The van der Waals surface area contributed by atoms with Crippen LogP contribution in [0.1, 0.15) is 22.8 Å². The van der Waals surface area contributed by atoms with Gasteiger partial charge in [-0.05, 0) is 23.8 Å². The zero-order valence-corrected chi connectivity index (χ0v) is 11.5. The van der Waals surface area contributed by atoms with Gasteiger partial charge in [-0.15, -0.1) is 11.3 Å². The Kier molecular flexibility index (Phi) is 4.11. The predicted octanol–water partition coefficient (Wildman–Crippen LogP) is 5.16. The molecule has 0 aliphatic heterocycles. The summed E-state index contributed by atoms with van der Waals surface area (Å²) in [4.78, 5) is 0. The van der Waals surface area contributed by atoms with Gasteiger partial charge in [0, 0.05) is 5.56 Å². The van der Waals surface area contributed by atoms with Crippen molar-refractivity contribution in [1.29, 1.82) is 0 Å². The van der Waals surface area contributed by atoms with Gasteiger partial charge >= 0.3 is 6.18 Å². The number of rotatable bonds is 2. The van der Waals surface area contributed by atoms with E-state index in [1.165, 1.54) is 18.2 Å². The third-order valence-electron chi connectivity index (χ3n) is 2.51. The van der Waals surface area contributed by atoms with Crippen LogP contribution in [0, 0.1) is 0 Å². The lowest BCUT2D eigenvalue weighted by atomic mass is 10.0. The van der Waals surface area contributed by atoms with Crippen molar-refractivity contribution in [2.24, 2.45) is 0 Å². The standard InChI is InChI=1S/C12H7Cl2F3OS/c13-9-5-8(11(14)19-9)10(18)6-2-1-3-7(4-6)12(15,16)17/h1-5,10,18H. The Morgan fingerprint density at radius 1 is 1.16 bits per heavy atom. The number of hydrogen-bond donors (Lipinski definition) is 1. The summed E-state index contributed by atoms with van der Waals surface area (Å²) in [5.41, 5.74) is -0.399. The van der Waals surface area contributed by atoms with E-state index in [0.717, 1.165) is 23.5 Å². The summed E-state index contributed by atoms with van der Waals surface area (Å²) in [6.07, 6.45) is -5.69. The van der Waals surface area contributed by atoms with Crippen LogP contribution in [0.25, 0.3) is 0 Å². The van der Waals surface area contributed by atoms with Gasteiger partial charge in [-0.25, -0.2) is 0 Å². The number of hydrogen-bond acceptors (Lipinski definition) is 2. The SMILES string of the molecule is OC(c1cccc(C(F)(F)F)c1)c1cc(Cl)sc1Cl. The molecule has 0 saturated heterocycles. The normalized spacial score (nSPS) is 13.6. The van der Waals surface area contributed by atoms with Crippen molar-refractivity contribution in [3.63, 3.8) is 0 Å². The third kappa shape index (κ3) is 3.23. The molecule has 0 saturated carbocycles. The first-order valence-electron chi connectivity index (χ1n) is 5.09. The summed E-state index contributed by atoms with van der Waals surface area (Å²) in [7, 11) is 0. The Morgan fingerprint density at radius 3 is 2.37 bits per heavy atom. The minimum atomic E-state index is -4.45. The van der Waals surface area contributed by atoms with E-state index in [9.17, 15) is 18.3 Å². The highest BCUT2D eigenvalue weighted by atomic mass is 35.5. The number of aliphatic hydroxyl groups excluding tert-OH is 1. The van der Waals surface area contributed by atoms with Crippen LogP contribution in [-0.2, 0) is 6.18 Å². The van der Waals surface area contributed by atoms with Gasteiger partial charge in [0.15, 0.2) is 0 Å². The van der Waals surface area contributed by atoms with Crippen molar-refractivity contribution in [3.05, 3.63) is 55.7 Å². The van der Waals surface area contributed by atoms with Gasteiger partial charge in [-0.2, -0.15) is 13.2 Å². The van der Waals surface area contributed by atoms with E-state index in [1.807, 2.05) is 0 Å². The number of aliphatic hydroxyl groups is 1. The summed E-state index contributed by atoms with van der Waals surface area (Å²) in [5, 5.41) is 10.1. The predicted molar refractivity (Wildman–Crippen MR) is 69.8 cm³/mol. The van der Waals surface area contributed by atoms with E-state index in [2.05, 4.69) is 0 Å². The average molecular weight is 327 g/mol. The smallest absolute Gasteiger partial charge is 0.384 e. The molecule has 1 unspecified atom stereocenters. The molecule has 2 rings (SSSR count). The van der Waals surface area contributed by atoms with Crippen LogP contribution >= 0.6 is 34.5 Å². The van der Waals surface area contributed by atoms with Crippen LogP contribution in [0.15, 0.2) is 30.3 Å². The van der Waals surface area contributed by atoms with Gasteiger partial charge in [-0.3, -0.25) is 0 Å². The topological polar surface area (TPSA) is 20.2 Å². The molecule has 1 nitrogen and oxygen atoms in total. The minimum absolute atomic E-state index is 0.117. The lowest BCUT2D eigenvalue weighted by Gasteiger charge is -2.13. The first-order chi connectivity index (χ1) is 8.79. The highest BCUT2D eigenvalue weighted by Crippen LogP contribution is 2.38. The molecule has 102 valence electrons. The average Bonchev–Trinajstić information content (AvgIpc) is 2.66. The lowest BCUT2D eigenvalue weighted by molar-refractivity contribution is -0.137. The van der Waals surface area contributed by atoms with Crippen molar-refractivity contribution in [2.45, 2.75) is 12.3 Å². The highest BCUT2D eigenvalue weighted by Gasteiger charge is 2.31. The van der Waals surface area contributed by atoms with Crippen LogP contribution in [-0.4, -0.2) is 5.11 Å². The van der Waals surface area contributed by atoms with Crippen molar-refractivity contribution >= 4 is 34.5 Å². The van der Waals surface area contributed by atoms with E-state index < -0.39 is 17.8 Å². The largest absolute Gasteiger partial charge is 0.416 e. The maximum atomic E-state index is 12.6. The molecular formula is C12H7Cl2F3OS. The fraction of sp³-hybridized carbons (Fsp3) is 0.167. The maximum absolute atomic E-state index is 12.6. The van der Waals surface area contributed by atoms with Gasteiger partial charge in [-0.1, -0.05) is 35.3 Å². The van der Waals surface area contributed by atoms with E-state index in [1.54, 1.807) is 0 Å². The van der Waals surface area contributed by atoms with Gasteiger partial charge in [0.2, 0.25) is 0 Å². The Balaban J connectivity index is 2.39. The molecule has 1 aromatic carbocycles. The van der Waals surface area contributed by atoms with Crippen LogP contribution < -0.4 is 0 Å². The number of alkyl halides is 3. The molecule has 0 radical (unpaired) electrons. The van der Waals surface area contributed by atoms with E-state index >= 15 is 0 Å². The molecule has 0 aliphatic carbocycles. The maximum Gasteiger partial charge on any atom is 0.416 e. The van der Waals surface area contributed by atoms with E-state index in [4.69, 9.17) is 23.2 Å². The van der Waals surface area contributed by atoms with Crippen molar-refractivity contribution in [3.8, 4) is 0 Å². The molecule has 7 heteroatoms. The monoisotopic (exact) mass is 326 g/mol. The highest BCUT2D eigenvalue weighted by molar-refractivity contribution is 7.20. The van der Waals surface area contributed by atoms with Crippen molar-refractivity contribution in [1.82, 2.24) is 0 Å². The summed E-state index contributed by atoms with van der Waals surface area (Å²) in [6, 6.07) is 5.93. The van der Waals surface area contributed by atoms with Crippen LogP contribution in [0.5, 0.6) is 0 Å². The lowest BCUT2D eigenvalue weighted by Crippen LogP contribution is -2.07. The van der Waals surface area contributed by atoms with Crippen LogP contribution in [0.2, 0.25) is 8.67 Å². The third-order valence-corrected chi connectivity index (χ3v) is 4.03. The molecule has 0 aliphatic rings. The van der Waals surface area contributed by atoms with E-state index in [0.29, 0.717) is 9.90 Å². The summed E-state index contributed by atoms with van der Waals surface area (Å²) >= 11 is 12.7. The molecule has 2 aromatic rings. The second-order valence-corrected chi connectivity index (χ2v) is 6.09. The summed E-state index contributed by atoms with van der Waals surface area (Å²) < 4.78 is 38.4.